The fraction of sp³-hybridized carbons (Fsp3) is 0.200. The summed E-state index contributed by atoms with van der Waals surface area (Å²) in [6.45, 7) is 0. The fourth-order valence-corrected chi connectivity index (χ4v) is 4.59. The number of carbonyl (C=O) groups is 1. The van der Waals surface area contributed by atoms with Crippen LogP contribution in [0.4, 0.5) is 15.2 Å². The Labute approximate surface area is 168 Å². The first-order valence-corrected chi connectivity index (χ1v) is 10.9. The summed E-state index contributed by atoms with van der Waals surface area (Å²) in [6.07, 6.45) is 2.12. The third-order valence-electron chi connectivity index (χ3n) is 4.25. The van der Waals surface area contributed by atoms with Crippen LogP contribution in [0.1, 0.15) is 18.5 Å². The van der Waals surface area contributed by atoms with Gasteiger partial charge in [0.15, 0.2) is 5.13 Å². The van der Waals surface area contributed by atoms with Gasteiger partial charge in [0.2, 0.25) is 5.91 Å². The number of anilines is 2. The van der Waals surface area contributed by atoms with E-state index >= 15 is 0 Å². The van der Waals surface area contributed by atoms with Crippen molar-refractivity contribution in [1.82, 2.24) is 4.98 Å². The lowest BCUT2D eigenvalue weighted by Gasteiger charge is -2.06. The second-order valence-corrected chi connectivity index (χ2v) is 8.88. The number of nitrogens with zero attached hydrogens (tertiary/aromatic N) is 1. The zero-order chi connectivity index (χ0) is 19.5. The van der Waals surface area contributed by atoms with Crippen LogP contribution in [0, 0.1) is 5.82 Å². The van der Waals surface area contributed by atoms with E-state index in [1.165, 1.54) is 23.5 Å². The molecular weight excluding hydrogens is 397 g/mol. The van der Waals surface area contributed by atoms with E-state index in [4.69, 9.17) is 0 Å². The van der Waals surface area contributed by atoms with Gasteiger partial charge in [-0.25, -0.2) is 13.6 Å². The monoisotopic (exact) mass is 415 g/mol. The van der Waals surface area contributed by atoms with Crippen molar-refractivity contribution in [2.45, 2.75) is 24.5 Å². The number of benzene rings is 2. The van der Waals surface area contributed by atoms with Gasteiger partial charge in [0.1, 0.15) is 16.8 Å². The quantitative estimate of drug-likeness (QED) is 0.602. The number of amides is 1. The zero-order valence-corrected chi connectivity index (χ0v) is 16.5. The van der Waals surface area contributed by atoms with Crippen LogP contribution in [-0.2, 0) is 22.2 Å². The molecule has 1 saturated carbocycles. The van der Waals surface area contributed by atoms with Crippen LogP contribution in [-0.4, -0.2) is 20.3 Å². The van der Waals surface area contributed by atoms with Gasteiger partial charge in [-0.05, 0) is 48.2 Å². The van der Waals surface area contributed by atoms with Crippen molar-refractivity contribution in [2.75, 3.05) is 10.0 Å². The van der Waals surface area contributed by atoms with Crippen molar-refractivity contribution in [1.29, 1.82) is 0 Å². The predicted octanol–water partition coefficient (Wildman–Crippen LogP) is 4.37. The highest BCUT2D eigenvalue weighted by molar-refractivity contribution is 7.87. The van der Waals surface area contributed by atoms with Crippen molar-refractivity contribution in [3.63, 3.8) is 0 Å². The molecule has 28 heavy (non-hydrogen) atoms. The maximum Gasteiger partial charge on any atom is 0.230 e. The highest BCUT2D eigenvalue weighted by Crippen LogP contribution is 2.28. The highest BCUT2D eigenvalue weighted by atomic mass is 32.2. The summed E-state index contributed by atoms with van der Waals surface area (Å²) in [5.74, 6) is -0.443. The summed E-state index contributed by atoms with van der Waals surface area (Å²) < 4.78 is 27.8. The maximum atomic E-state index is 13.0. The van der Waals surface area contributed by atoms with Crippen LogP contribution < -0.4 is 10.0 Å². The van der Waals surface area contributed by atoms with Gasteiger partial charge in [-0.2, -0.15) is 0 Å². The molecular formula is C20H18FN3O2S2. The minimum absolute atomic E-state index is 0.147. The van der Waals surface area contributed by atoms with Crippen molar-refractivity contribution in [2.24, 2.45) is 0 Å². The molecule has 0 bridgehead atoms. The van der Waals surface area contributed by atoms with Gasteiger partial charge >= 0.3 is 0 Å². The highest BCUT2D eigenvalue weighted by Gasteiger charge is 2.29. The van der Waals surface area contributed by atoms with Crippen LogP contribution in [0.25, 0.3) is 11.1 Å². The van der Waals surface area contributed by atoms with Crippen LogP contribution in [0.2, 0.25) is 0 Å². The molecule has 5 nitrogen and oxygen atoms in total. The lowest BCUT2D eigenvalue weighted by Crippen LogP contribution is -2.14. The molecule has 2 N–H and O–H groups in total. The van der Waals surface area contributed by atoms with Gasteiger partial charge in [0.05, 0.1) is 17.4 Å². The molecule has 1 unspecified atom stereocenters. The van der Waals surface area contributed by atoms with Gasteiger partial charge in [-0.1, -0.05) is 24.3 Å². The van der Waals surface area contributed by atoms with E-state index < -0.39 is 11.0 Å². The molecule has 144 valence electrons. The molecule has 0 spiro atoms. The largest absolute Gasteiger partial charge is 0.326 e. The molecule has 0 radical (unpaired) electrons. The van der Waals surface area contributed by atoms with E-state index in [0.29, 0.717) is 16.5 Å². The molecule has 1 aliphatic carbocycles. The van der Waals surface area contributed by atoms with E-state index in [9.17, 15) is 13.4 Å². The first-order chi connectivity index (χ1) is 13.6. The average molecular weight is 416 g/mol. The van der Waals surface area contributed by atoms with E-state index in [-0.39, 0.29) is 23.4 Å². The number of hydrogen-bond donors (Lipinski definition) is 2. The number of halogens is 1. The Bertz CT molecular complexity index is 999. The summed E-state index contributed by atoms with van der Waals surface area (Å²) in [7, 11) is -1.09. The van der Waals surface area contributed by atoms with Crippen LogP contribution in [0.3, 0.4) is 0 Å². The molecule has 3 aromatic rings. The zero-order valence-electron chi connectivity index (χ0n) is 14.9. The topological polar surface area (TPSA) is 71.1 Å². The van der Waals surface area contributed by atoms with Gasteiger partial charge in [0.25, 0.3) is 0 Å². The molecule has 0 aliphatic heterocycles. The fourth-order valence-electron chi connectivity index (χ4n) is 2.64. The van der Waals surface area contributed by atoms with Crippen LogP contribution >= 0.6 is 11.3 Å². The first-order valence-electron chi connectivity index (χ1n) is 8.84. The molecule has 1 aromatic heterocycles. The number of hydrogen-bond acceptors (Lipinski definition) is 4. The third kappa shape index (κ3) is 4.82. The number of thiazole rings is 1. The molecule has 1 heterocycles. The lowest BCUT2D eigenvalue weighted by atomic mass is 10.1. The Morgan fingerprint density at radius 1 is 1.11 bits per heavy atom. The summed E-state index contributed by atoms with van der Waals surface area (Å²) >= 11 is 1.35. The van der Waals surface area contributed by atoms with E-state index in [1.807, 2.05) is 24.3 Å². The minimum atomic E-state index is -1.09. The predicted molar refractivity (Wildman–Crippen MR) is 111 cm³/mol. The molecule has 1 fully saturated rings. The SMILES string of the molecule is O=C(Cc1csc(NS(=O)C2CC2)n1)Nc1ccc(-c2ccc(F)cc2)cc1. The first kappa shape index (κ1) is 18.8. The standard InChI is InChI=1S/C20H18FN3O2S2/c21-15-5-1-13(2-6-15)14-3-7-16(8-4-14)22-19(25)11-17-12-27-20(23-17)24-28(26)18-9-10-18/h1-8,12,18H,9-11H2,(H,22,25)(H,23,24). The molecule has 1 amide bonds. The van der Waals surface area contributed by atoms with Crippen LogP contribution in [0.15, 0.2) is 53.9 Å². The number of rotatable bonds is 7. The van der Waals surface area contributed by atoms with Crippen molar-refractivity contribution in [3.8, 4) is 11.1 Å². The Morgan fingerprint density at radius 2 is 1.75 bits per heavy atom. The molecule has 1 aliphatic rings. The maximum absolute atomic E-state index is 13.0. The van der Waals surface area contributed by atoms with Crippen LogP contribution in [0.5, 0.6) is 0 Å². The third-order valence-corrected chi connectivity index (χ3v) is 6.66. The van der Waals surface area contributed by atoms with Gasteiger partial charge in [-0.15, -0.1) is 11.3 Å². The van der Waals surface area contributed by atoms with E-state index in [1.54, 1.807) is 17.5 Å². The van der Waals surface area contributed by atoms with Gasteiger partial charge < -0.3 is 5.32 Å². The second-order valence-electron chi connectivity index (χ2n) is 6.55. The Kier molecular flexibility index (Phi) is 5.50. The normalized spacial score (nSPS) is 14.5. The summed E-state index contributed by atoms with van der Waals surface area (Å²) in [5.41, 5.74) is 3.17. The van der Waals surface area contributed by atoms with Crippen molar-refractivity contribution < 1.29 is 13.4 Å². The van der Waals surface area contributed by atoms with E-state index in [2.05, 4.69) is 15.0 Å². The average Bonchev–Trinajstić information content (AvgIpc) is 3.45. The molecule has 0 saturated heterocycles. The summed E-state index contributed by atoms with van der Waals surface area (Å²) in [6, 6.07) is 13.6. The minimum Gasteiger partial charge on any atom is -0.326 e. The Hall–Kier alpha value is -2.58. The number of carbonyl (C=O) groups excluding carboxylic acids is 1. The number of nitrogens with one attached hydrogen (secondary N) is 2. The lowest BCUT2D eigenvalue weighted by molar-refractivity contribution is -0.115. The molecule has 2 aromatic carbocycles. The number of aromatic nitrogens is 1. The second kappa shape index (κ2) is 8.20. The summed E-state index contributed by atoms with van der Waals surface area (Å²) in [4.78, 5) is 16.6. The Morgan fingerprint density at radius 3 is 2.39 bits per heavy atom. The van der Waals surface area contributed by atoms with E-state index in [0.717, 1.165) is 24.0 Å². The van der Waals surface area contributed by atoms with Gasteiger partial charge in [0, 0.05) is 11.1 Å². The van der Waals surface area contributed by atoms with Crippen molar-refractivity contribution in [3.05, 3.63) is 65.4 Å². The smallest absolute Gasteiger partial charge is 0.230 e. The summed E-state index contributed by atoms with van der Waals surface area (Å²) in [5, 5.41) is 5.45. The van der Waals surface area contributed by atoms with Crippen molar-refractivity contribution >= 4 is 39.0 Å². The molecule has 4 rings (SSSR count). The Balaban J connectivity index is 1.32. The van der Waals surface area contributed by atoms with Gasteiger partial charge in [-0.3, -0.25) is 9.52 Å². The molecule has 8 heteroatoms. The molecule has 1 atom stereocenters.